The van der Waals surface area contributed by atoms with Crippen LogP contribution in [0, 0.1) is 13.8 Å². The fourth-order valence-corrected chi connectivity index (χ4v) is 2.48. The minimum atomic E-state index is 0.0899. The first-order chi connectivity index (χ1) is 13.0. The molecule has 0 saturated carbocycles. The molecule has 6 heteroatoms. The van der Waals surface area contributed by atoms with E-state index in [1.54, 1.807) is 6.20 Å². The molecule has 0 spiro atoms. The van der Waals surface area contributed by atoms with Crippen molar-refractivity contribution >= 4 is 5.71 Å². The number of aryl methyl sites for hydroxylation is 2. The highest BCUT2D eigenvalue weighted by molar-refractivity contribution is 5.96. The van der Waals surface area contributed by atoms with Gasteiger partial charge in [0.2, 0.25) is 6.79 Å². The number of ether oxygens (including phenoxy) is 3. The Morgan fingerprint density at radius 3 is 2.41 bits per heavy atom. The van der Waals surface area contributed by atoms with E-state index in [9.17, 15) is 0 Å². The van der Waals surface area contributed by atoms with Gasteiger partial charge in [0.25, 0.3) is 0 Å². The Morgan fingerprint density at radius 2 is 1.81 bits per heavy atom. The highest BCUT2D eigenvalue weighted by Gasteiger charge is 2.08. The van der Waals surface area contributed by atoms with Gasteiger partial charge in [-0.1, -0.05) is 17.3 Å². The van der Waals surface area contributed by atoms with E-state index in [1.807, 2.05) is 64.1 Å². The van der Waals surface area contributed by atoms with Crippen LogP contribution in [0.1, 0.15) is 30.7 Å². The minimum absolute atomic E-state index is 0.0899. The van der Waals surface area contributed by atoms with E-state index >= 15 is 0 Å². The second kappa shape index (κ2) is 10.2. The summed E-state index contributed by atoms with van der Waals surface area (Å²) in [7, 11) is 1.50. The number of hydrogen-bond acceptors (Lipinski definition) is 6. The molecule has 1 aromatic heterocycles. The molecule has 144 valence electrons. The molecule has 2 rings (SSSR count). The number of hydrogen-bond donors (Lipinski definition) is 0. The summed E-state index contributed by atoms with van der Waals surface area (Å²) < 4.78 is 17.1. The molecule has 0 saturated heterocycles. The van der Waals surface area contributed by atoms with Gasteiger partial charge in [-0.2, -0.15) is 0 Å². The quantitative estimate of drug-likeness (QED) is 0.283. The lowest BCUT2D eigenvalue weighted by molar-refractivity contribution is 0.118. The highest BCUT2D eigenvalue weighted by Crippen LogP contribution is 2.28. The van der Waals surface area contributed by atoms with Crippen molar-refractivity contribution in [2.24, 2.45) is 5.16 Å². The molecule has 0 fully saturated rings. The molecule has 27 heavy (non-hydrogen) atoms. The van der Waals surface area contributed by atoms with Crippen molar-refractivity contribution < 1.29 is 19.0 Å². The summed E-state index contributed by atoms with van der Waals surface area (Å²) >= 11 is 0. The molecule has 0 atom stereocenters. The third-order valence-corrected chi connectivity index (χ3v) is 3.78. The van der Waals surface area contributed by atoms with Crippen molar-refractivity contribution in [3.8, 4) is 17.2 Å². The Balaban J connectivity index is 1.94. The maximum absolute atomic E-state index is 5.81. The van der Waals surface area contributed by atoms with Crippen LogP contribution >= 0.6 is 0 Å². The third-order valence-electron chi connectivity index (χ3n) is 3.78. The van der Waals surface area contributed by atoms with Crippen LogP contribution in [-0.2, 0) is 4.84 Å². The normalized spacial score (nSPS) is 11.5. The number of aromatic nitrogens is 1. The van der Waals surface area contributed by atoms with Gasteiger partial charge >= 0.3 is 0 Å². The molecule has 0 aliphatic carbocycles. The van der Waals surface area contributed by atoms with E-state index < -0.39 is 0 Å². The Kier molecular flexibility index (Phi) is 7.67. The van der Waals surface area contributed by atoms with E-state index in [0.717, 1.165) is 28.3 Å². The van der Waals surface area contributed by atoms with Gasteiger partial charge < -0.3 is 19.0 Å². The summed E-state index contributed by atoms with van der Waals surface area (Å²) in [6.45, 7) is 8.41. The van der Waals surface area contributed by atoms with Crippen molar-refractivity contribution in [3.05, 3.63) is 59.4 Å². The van der Waals surface area contributed by atoms with E-state index in [2.05, 4.69) is 10.1 Å². The topological polar surface area (TPSA) is 62.2 Å². The fourth-order valence-electron chi connectivity index (χ4n) is 2.48. The molecule has 1 aromatic carbocycles. The Hall–Kier alpha value is -3.02. The number of benzene rings is 1. The van der Waals surface area contributed by atoms with E-state index in [0.29, 0.717) is 18.1 Å². The van der Waals surface area contributed by atoms with Gasteiger partial charge in [-0.25, -0.2) is 0 Å². The third kappa shape index (κ3) is 6.02. The van der Waals surface area contributed by atoms with E-state index in [-0.39, 0.29) is 6.79 Å². The molecular weight excluding hydrogens is 344 g/mol. The average molecular weight is 370 g/mol. The molecule has 0 radical (unpaired) electrons. The number of allylic oxidation sites excluding steroid dienone is 1. The summed E-state index contributed by atoms with van der Waals surface area (Å²) in [6, 6.07) is 7.55. The van der Waals surface area contributed by atoms with Gasteiger partial charge in [0.05, 0.1) is 11.9 Å². The van der Waals surface area contributed by atoms with Gasteiger partial charge in [-0.3, -0.25) is 4.98 Å². The van der Waals surface area contributed by atoms with Crippen molar-refractivity contribution in [1.29, 1.82) is 0 Å². The fraction of sp³-hybridized carbons (Fsp3) is 0.333. The standard InChI is InChI=1S/C21H26N2O4/c1-6-7-10-25-19-11-15(2)21(16(3)12-19)27-14-26-18-8-9-20(22-13-18)17(4)23-24-5/h6-9,11-13H,10,14H2,1-5H3/b7-6+,23-17+. The second-order valence-corrected chi connectivity index (χ2v) is 5.91. The van der Waals surface area contributed by atoms with Crippen molar-refractivity contribution in [2.75, 3.05) is 20.5 Å². The summed E-state index contributed by atoms with van der Waals surface area (Å²) in [6.07, 6.45) is 5.55. The molecule has 0 bridgehead atoms. The van der Waals surface area contributed by atoms with Crippen molar-refractivity contribution in [3.63, 3.8) is 0 Å². The van der Waals surface area contributed by atoms with Crippen LogP contribution in [-0.4, -0.2) is 31.2 Å². The Morgan fingerprint density at radius 1 is 1.07 bits per heavy atom. The average Bonchev–Trinajstić information content (AvgIpc) is 2.65. The van der Waals surface area contributed by atoms with E-state index in [4.69, 9.17) is 19.0 Å². The number of rotatable bonds is 9. The summed E-state index contributed by atoms with van der Waals surface area (Å²) in [4.78, 5) is 9.04. The number of oxime groups is 1. The molecule has 2 aromatic rings. The lowest BCUT2D eigenvalue weighted by Crippen LogP contribution is -2.08. The minimum Gasteiger partial charge on any atom is -0.490 e. The first-order valence-corrected chi connectivity index (χ1v) is 8.70. The Bertz CT molecular complexity index is 775. The molecule has 0 aliphatic heterocycles. The smallest absolute Gasteiger partial charge is 0.230 e. The molecule has 0 aliphatic rings. The lowest BCUT2D eigenvalue weighted by atomic mass is 10.1. The van der Waals surface area contributed by atoms with Gasteiger partial charge in [-0.15, -0.1) is 0 Å². The van der Waals surface area contributed by atoms with Gasteiger partial charge in [-0.05, 0) is 63.1 Å². The second-order valence-electron chi connectivity index (χ2n) is 5.91. The molecule has 0 N–H and O–H groups in total. The predicted octanol–water partition coefficient (Wildman–Crippen LogP) is 4.44. The maximum atomic E-state index is 5.81. The monoisotopic (exact) mass is 370 g/mol. The summed E-state index contributed by atoms with van der Waals surface area (Å²) in [5.41, 5.74) is 3.41. The van der Waals surface area contributed by atoms with E-state index in [1.165, 1.54) is 7.11 Å². The van der Waals surface area contributed by atoms with Crippen molar-refractivity contribution in [1.82, 2.24) is 4.98 Å². The van der Waals surface area contributed by atoms with Crippen molar-refractivity contribution in [2.45, 2.75) is 27.7 Å². The molecular formula is C21H26N2O4. The molecule has 6 nitrogen and oxygen atoms in total. The van der Waals surface area contributed by atoms with Crippen LogP contribution in [0.25, 0.3) is 0 Å². The predicted molar refractivity (Wildman–Crippen MR) is 106 cm³/mol. The zero-order chi connectivity index (χ0) is 19.6. The zero-order valence-electron chi connectivity index (χ0n) is 16.5. The molecule has 0 amide bonds. The summed E-state index contributed by atoms with van der Waals surface area (Å²) in [5.74, 6) is 2.23. The van der Waals surface area contributed by atoms with Gasteiger partial charge in [0, 0.05) is 0 Å². The number of pyridine rings is 1. The largest absolute Gasteiger partial charge is 0.490 e. The van der Waals surface area contributed by atoms with Crippen LogP contribution < -0.4 is 14.2 Å². The van der Waals surface area contributed by atoms with Crippen LogP contribution in [0.2, 0.25) is 0 Å². The number of nitrogens with zero attached hydrogens (tertiary/aromatic N) is 2. The van der Waals surface area contributed by atoms with Crippen LogP contribution in [0.3, 0.4) is 0 Å². The van der Waals surface area contributed by atoms with Crippen LogP contribution in [0.15, 0.2) is 47.8 Å². The molecule has 1 heterocycles. The maximum Gasteiger partial charge on any atom is 0.230 e. The zero-order valence-corrected chi connectivity index (χ0v) is 16.5. The first kappa shape index (κ1) is 20.3. The first-order valence-electron chi connectivity index (χ1n) is 8.70. The highest BCUT2D eigenvalue weighted by atomic mass is 16.7. The van der Waals surface area contributed by atoms with Gasteiger partial charge in [0.15, 0.2) is 0 Å². The van der Waals surface area contributed by atoms with Gasteiger partial charge in [0.1, 0.15) is 36.7 Å². The lowest BCUT2D eigenvalue weighted by Gasteiger charge is -2.15. The Labute approximate surface area is 160 Å². The summed E-state index contributed by atoms with van der Waals surface area (Å²) in [5, 5.41) is 3.85. The van der Waals surface area contributed by atoms with Crippen LogP contribution in [0.4, 0.5) is 0 Å². The molecule has 0 unspecified atom stereocenters. The SMILES string of the molecule is C/C=C/COc1cc(C)c(OCOc2ccc(/C(C)=N/OC)nc2)c(C)c1. The van der Waals surface area contributed by atoms with Crippen LogP contribution in [0.5, 0.6) is 17.2 Å².